The molecule has 2 heterocycles. The molecular formula is C25H26ClN3O3. The number of halogens is 1. The van der Waals surface area contributed by atoms with Gasteiger partial charge in [-0.1, -0.05) is 43.6 Å². The summed E-state index contributed by atoms with van der Waals surface area (Å²) in [5, 5.41) is 8.98. The van der Waals surface area contributed by atoms with Gasteiger partial charge in [0.05, 0.1) is 13.2 Å². The molecule has 0 fully saturated rings. The molecule has 4 rings (SSSR count). The van der Waals surface area contributed by atoms with Crippen molar-refractivity contribution in [3.8, 4) is 5.75 Å². The largest absolute Gasteiger partial charge is 0.493 e. The topological polar surface area (TPSA) is 69.3 Å². The number of anilines is 1. The van der Waals surface area contributed by atoms with E-state index in [9.17, 15) is 4.79 Å². The van der Waals surface area contributed by atoms with E-state index in [1.165, 1.54) is 0 Å². The molecule has 0 spiro atoms. The minimum Gasteiger partial charge on any atom is -0.493 e. The molecule has 6 nitrogen and oxygen atoms in total. The summed E-state index contributed by atoms with van der Waals surface area (Å²) >= 11 is 6.22. The summed E-state index contributed by atoms with van der Waals surface area (Å²) in [6.07, 6.45) is 0. The number of para-hydroxylation sites is 1. The monoisotopic (exact) mass is 451 g/mol. The lowest BCUT2D eigenvalue weighted by molar-refractivity contribution is 0.0997. The van der Waals surface area contributed by atoms with Crippen LogP contribution in [0.15, 0.2) is 52.9 Å². The summed E-state index contributed by atoms with van der Waals surface area (Å²) in [5.74, 6) is 1.61. The minimum absolute atomic E-state index is 0.289. The number of carbonyl (C=O) groups excluding carboxylic acids is 1. The van der Waals surface area contributed by atoms with Crippen LogP contribution in [-0.4, -0.2) is 22.3 Å². The molecule has 0 aliphatic carbocycles. The van der Waals surface area contributed by atoms with Gasteiger partial charge in [0, 0.05) is 33.3 Å². The highest BCUT2D eigenvalue weighted by Gasteiger charge is 2.19. The Morgan fingerprint density at radius 1 is 1.19 bits per heavy atom. The highest BCUT2D eigenvalue weighted by atomic mass is 35.5. The zero-order chi connectivity index (χ0) is 22.8. The maximum atomic E-state index is 12.8. The number of aromatic nitrogens is 2. The van der Waals surface area contributed by atoms with E-state index in [1.54, 1.807) is 0 Å². The number of hydrogen-bond donors (Lipinski definition) is 1. The summed E-state index contributed by atoms with van der Waals surface area (Å²) in [6, 6.07) is 15.0. The summed E-state index contributed by atoms with van der Waals surface area (Å²) < 4.78 is 13.5. The van der Waals surface area contributed by atoms with Gasteiger partial charge in [0.1, 0.15) is 11.3 Å². The van der Waals surface area contributed by atoms with Crippen molar-refractivity contribution >= 4 is 34.3 Å². The molecule has 0 bridgehead atoms. The Morgan fingerprint density at radius 3 is 2.72 bits per heavy atom. The number of benzene rings is 2. The lowest BCUT2D eigenvalue weighted by Gasteiger charge is -2.14. The van der Waals surface area contributed by atoms with E-state index in [2.05, 4.69) is 24.3 Å². The molecule has 7 heteroatoms. The van der Waals surface area contributed by atoms with Crippen LogP contribution in [0.1, 0.15) is 41.2 Å². The molecule has 0 saturated carbocycles. The van der Waals surface area contributed by atoms with Crippen LogP contribution in [0, 0.1) is 19.8 Å². The minimum atomic E-state index is -0.327. The third-order valence-corrected chi connectivity index (χ3v) is 5.42. The Kier molecular flexibility index (Phi) is 6.24. The number of aryl methyl sites for hydroxylation is 2. The Hall–Kier alpha value is -3.25. The van der Waals surface area contributed by atoms with Crippen LogP contribution >= 0.6 is 11.6 Å². The van der Waals surface area contributed by atoms with Gasteiger partial charge in [0.15, 0.2) is 11.6 Å². The first kappa shape index (κ1) is 22.0. The van der Waals surface area contributed by atoms with Gasteiger partial charge in [0.2, 0.25) is 0 Å². The van der Waals surface area contributed by atoms with Gasteiger partial charge in [-0.3, -0.25) is 9.48 Å². The standard InChI is InChI=1S/C25H26ClN3O3/c1-15(2)14-31-21-10-9-19(26)12-18(21)13-29-16(3)11-23(28-29)27-25(30)24-17(4)20-7-5-6-8-22(20)32-24/h5-12,15H,13-14H2,1-4H3,(H,27,28,30). The number of furan rings is 1. The van der Waals surface area contributed by atoms with Crippen LogP contribution in [0.2, 0.25) is 5.02 Å². The summed E-state index contributed by atoms with van der Waals surface area (Å²) in [4.78, 5) is 12.8. The quantitative estimate of drug-likeness (QED) is 0.361. The predicted molar refractivity (Wildman–Crippen MR) is 127 cm³/mol. The Bertz CT molecular complexity index is 1270. The molecule has 0 radical (unpaired) electrons. The molecule has 1 N–H and O–H groups in total. The lowest BCUT2D eigenvalue weighted by Crippen LogP contribution is -2.13. The van der Waals surface area contributed by atoms with Crippen molar-refractivity contribution in [1.29, 1.82) is 0 Å². The molecule has 0 atom stereocenters. The third kappa shape index (κ3) is 4.65. The van der Waals surface area contributed by atoms with Crippen molar-refractivity contribution in [2.24, 2.45) is 5.92 Å². The highest BCUT2D eigenvalue weighted by Crippen LogP contribution is 2.27. The van der Waals surface area contributed by atoms with Gasteiger partial charge in [-0.2, -0.15) is 5.10 Å². The van der Waals surface area contributed by atoms with Gasteiger partial charge in [-0.15, -0.1) is 0 Å². The molecule has 32 heavy (non-hydrogen) atoms. The van der Waals surface area contributed by atoms with Crippen LogP contribution in [0.25, 0.3) is 11.0 Å². The predicted octanol–water partition coefficient (Wildman–Crippen LogP) is 6.23. The number of nitrogens with one attached hydrogen (secondary N) is 1. The van der Waals surface area contributed by atoms with E-state index in [0.29, 0.717) is 35.5 Å². The van der Waals surface area contributed by atoms with E-state index in [0.717, 1.165) is 28.0 Å². The average Bonchev–Trinajstić information content (AvgIpc) is 3.27. The van der Waals surface area contributed by atoms with E-state index in [1.807, 2.05) is 67.1 Å². The van der Waals surface area contributed by atoms with E-state index in [-0.39, 0.29) is 11.7 Å². The highest BCUT2D eigenvalue weighted by molar-refractivity contribution is 6.30. The number of fused-ring (bicyclic) bond motifs is 1. The zero-order valence-electron chi connectivity index (χ0n) is 18.6. The number of carbonyl (C=O) groups is 1. The smallest absolute Gasteiger partial charge is 0.292 e. The SMILES string of the molecule is Cc1c(C(=O)Nc2cc(C)n(Cc3cc(Cl)ccc3OCC(C)C)n2)oc2ccccc12. The summed E-state index contributed by atoms with van der Waals surface area (Å²) in [7, 11) is 0. The molecule has 0 saturated heterocycles. The normalized spacial score (nSPS) is 11.3. The average molecular weight is 452 g/mol. The molecule has 0 unspecified atom stereocenters. The number of rotatable bonds is 7. The van der Waals surface area contributed by atoms with Crippen LogP contribution < -0.4 is 10.1 Å². The van der Waals surface area contributed by atoms with E-state index < -0.39 is 0 Å². The van der Waals surface area contributed by atoms with E-state index in [4.69, 9.17) is 20.8 Å². The van der Waals surface area contributed by atoms with E-state index >= 15 is 0 Å². The second-order valence-electron chi connectivity index (χ2n) is 8.29. The number of amides is 1. The molecule has 1 amide bonds. The molecule has 166 valence electrons. The van der Waals surface area contributed by atoms with Crippen molar-refractivity contribution in [3.63, 3.8) is 0 Å². The van der Waals surface area contributed by atoms with Crippen LogP contribution in [0.4, 0.5) is 5.82 Å². The zero-order valence-corrected chi connectivity index (χ0v) is 19.4. The van der Waals surface area contributed by atoms with Gasteiger partial charge in [-0.25, -0.2) is 0 Å². The first-order valence-electron chi connectivity index (χ1n) is 10.6. The summed E-state index contributed by atoms with van der Waals surface area (Å²) in [5.41, 5.74) is 3.32. The fourth-order valence-corrected chi connectivity index (χ4v) is 3.72. The Balaban J connectivity index is 1.54. The fourth-order valence-electron chi connectivity index (χ4n) is 3.53. The third-order valence-electron chi connectivity index (χ3n) is 5.19. The van der Waals surface area contributed by atoms with Gasteiger partial charge >= 0.3 is 0 Å². The second-order valence-corrected chi connectivity index (χ2v) is 8.73. The van der Waals surface area contributed by atoms with Crippen LogP contribution in [0.5, 0.6) is 5.75 Å². The molecule has 4 aromatic rings. The number of hydrogen-bond acceptors (Lipinski definition) is 4. The van der Waals surface area contributed by atoms with Crippen LogP contribution in [-0.2, 0) is 6.54 Å². The second kappa shape index (κ2) is 9.09. The van der Waals surface area contributed by atoms with Gasteiger partial charge in [0.25, 0.3) is 5.91 Å². The van der Waals surface area contributed by atoms with Gasteiger partial charge < -0.3 is 14.5 Å². The van der Waals surface area contributed by atoms with Crippen molar-refractivity contribution in [2.75, 3.05) is 11.9 Å². The molecule has 0 aliphatic heterocycles. The number of ether oxygens (including phenoxy) is 1. The Labute approximate surface area is 192 Å². The first-order chi connectivity index (χ1) is 15.3. The van der Waals surface area contributed by atoms with Crippen LogP contribution in [0.3, 0.4) is 0 Å². The van der Waals surface area contributed by atoms with Crippen molar-refractivity contribution in [2.45, 2.75) is 34.2 Å². The maximum absolute atomic E-state index is 12.8. The molecular weight excluding hydrogens is 426 g/mol. The first-order valence-corrected chi connectivity index (χ1v) is 10.9. The number of nitrogens with zero attached hydrogens (tertiary/aromatic N) is 2. The fraction of sp³-hybridized carbons (Fsp3) is 0.280. The van der Waals surface area contributed by atoms with Crippen molar-refractivity contribution in [1.82, 2.24) is 9.78 Å². The Morgan fingerprint density at radius 2 is 1.97 bits per heavy atom. The van der Waals surface area contributed by atoms with Gasteiger partial charge in [-0.05, 0) is 44.0 Å². The molecule has 2 aromatic carbocycles. The maximum Gasteiger partial charge on any atom is 0.292 e. The summed E-state index contributed by atoms with van der Waals surface area (Å²) in [6.45, 7) is 9.11. The van der Waals surface area contributed by atoms with Crippen molar-refractivity contribution in [3.05, 3.63) is 76.1 Å². The molecule has 0 aliphatic rings. The lowest BCUT2D eigenvalue weighted by atomic mass is 10.1. The molecule has 2 aromatic heterocycles. The van der Waals surface area contributed by atoms with Crippen molar-refractivity contribution < 1.29 is 13.9 Å².